The van der Waals surface area contributed by atoms with Crippen LogP contribution in [0.1, 0.15) is 35.3 Å². The number of urea groups is 1. The van der Waals surface area contributed by atoms with E-state index in [1.807, 2.05) is 26.8 Å². The van der Waals surface area contributed by atoms with Gasteiger partial charge in [0.2, 0.25) is 0 Å². The summed E-state index contributed by atoms with van der Waals surface area (Å²) in [6.45, 7) is 5.76. The van der Waals surface area contributed by atoms with Crippen molar-refractivity contribution in [2.24, 2.45) is 5.92 Å². The molecule has 0 unspecified atom stereocenters. The minimum atomic E-state index is -0.721. The van der Waals surface area contributed by atoms with Crippen molar-refractivity contribution in [2.75, 3.05) is 13.2 Å². The number of aryl methyl sites for hydroxylation is 1. The third-order valence-corrected chi connectivity index (χ3v) is 4.78. The summed E-state index contributed by atoms with van der Waals surface area (Å²) in [4.78, 5) is 47.0. The molecule has 0 aliphatic rings. The van der Waals surface area contributed by atoms with Crippen molar-refractivity contribution in [3.8, 4) is 5.75 Å². The Morgan fingerprint density at radius 2 is 1.76 bits per heavy atom. The fourth-order valence-electron chi connectivity index (χ4n) is 3.02. The van der Waals surface area contributed by atoms with Crippen molar-refractivity contribution < 1.29 is 28.3 Å². The van der Waals surface area contributed by atoms with Gasteiger partial charge in [-0.2, -0.15) is 0 Å². The van der Waals surface area contributed by atoms with Crippen molar-refractivity contribution in [1.29, 1.82) is 0 Å². The van der Waals surface area contributed by atoms with E-state index in [1.165, 1.54) is 6.07 Å². The zero-order chi connectivity index (χ0) is 24.7. The van der Waals surface area contributed by atoms with E-state index in [0.29, 0.717) is 17.9 Å². The van der Waals surface area contributed by atoms with E-state index < -0.39 is 30.1 Å². The molecule has 0 atom stereocenters. The van der Waals surface area contributed by atoms with Gasteiger partial charge in [0.15, 0.2) is 6.61 Å². The minimum Gasteiger partial charge on any atom is -0.489 e. The summed E-state index contributed by atoms with van der Waals surface area (Å²) in [5.41, 5.74) is 1.90. The van der Waals surface area contributed by atoms with E-state index in [1.54, 1.807) is 36.4 Å². The van der Waals surface area contributed by atoms with Gasteiger partial charge in [-0.3, -0.25) is 10.1 Å². The van der Waals surface area contributed by atoms with Crippen LogP contribution in [0.4, 0.5) is 4.79 Å². The van der Waals surface area contributed by atoms with Gasteiger partial charge in [0.05, 0.1) is 5.56 Å². The molecule has 0 spiro atoms. The van der Waals surface area contributed by atoms with Crippen LogP contribution in [0.3, 0.4) is 0 Å². The Hall–Kier alpha value is -4.14. The van der Waals surface area contributed by atoms with Crippen LogP contribution in [0.2, 0.25) is 0 Å². The molecule has 1 aromatic heterocycles. The molecule has 0 aliphatic carbocycles. The highest BCUT2D eigenvalue weighted by molar-refractivity contribution is 5.97. The Bertz CT molecular complexity index is 1250. The van der Waals surface area contributed by atoms with Gasteiger partial charge in [-0.05, 0) is 48.2 Å². The molecule has 0 aliphatic heterocycles. The van der Waals surface area contributed by atoms with Gasteiger partial charge in [0.1, 0.15) is 17.9 Å². The predicted molar refractivity (Wildman–Crippen MR) is 125 cm³/mol. The first-order chi connectivity index (χ1) is 16.2. The number of amides is 3. The largest absolute Gasteiger partial charge is 0.489 e. The van der Waals surface area contributed by atoms with Crippen molar-refractivity contribution in [2.45, 2.75) is 27.4 Å². The van der Waals surface area contributed by atoms with E-state index in [9.17, 15) is 19.2 Å². The smallest absolute Gasteiger partial charge is 0.338 e. The Labute approximate surface area is 196 Å². The molecule has 2 N–H and O–H groups in total. The maximum atomic E-state index is 12.2. The fourth-order valence-corrected chi connectivity index (χ4v) is 3.02. The Balaban J connectivity index is 1.49. The molecule has 9 heteroatoms. The average Bonchev–Trinajstić information content (AvgIpc) is 2.80. The van der Waals surface area contributed by atoms with Gasteiger partial charge in [-0.15, -0.1) is 0 Å². The van der Waals surface area contributed by atoms with Crippen LogP contribution in [0.5, 0.6) is 5.75 Å². The summed E-state index contributed by atoms with van der Waals surface area (Å²) in [5, 5.41) is 5.46. The SMILES string of the molecule is Cc1cc(=O)oc2cc(OCc3ccc(C(=O)OCC(=O)NC(=O)NCC(C)C)cc3)ccc12. The topological polar surface area (TPSA) is 124 Å². The highest BCUT2D eigenvalue weighted by atomic mass is 16.5. The number of carbonyl (C=O) groups is 3. The first-order valence-corrected chi connectivity index (χ1v) is 10.7. The van der Waals surface area contributed by atoms with Crippen LogP contribution < -0.4 is 21.0 Å². The number of hydrogen-bond acceptors (Lipinski definition) is 7. The highest BCUT2D eigenvalue weighted by Gasteiger charge is 2.13. The van der Waals surface area contributed by atoms with Crippen molar-refractivity contribution >= 4 is 28.9 Å². The summed E-state index contributed by atoms with van der Waals surface area (Å²) in [7, 11) is 0. The second kappa shape index (κ2) is 11.1. The monoisotopic (exact) mass is 466 g/mol. The maximum absolute atomic E-state index is 12.2. The number of fused-ring (bicyclic) bond motifs is 1. The van der Waals surface area contributed by atoms with Crippen molar-refractivity contribution in [3.05, 3.63) is 75.6 Å². The second-order valence-corrected chi connectivity index (χ2v) is 8.12. The summed E-state index contributed by atoms with van der Waals surface area (Å²) < 4.78 is 15.9. The molecule has 3 amide bonds. The van der Waals surface area contributed by atoms with Crippen LogP contribution in [0.25, 0.3) is 11.0 Å². The fraction of sp³-hybridized carbons (Fsp3) is 0.280. The third kappa shape index (κ3) is 6.93. The Morgan fingerprint density at radius 3 is 2.47 bits per heavy atom. The van der Waals surface area contributed by atoms with Crippen LogP contribution in [-0.4, -0.2) is 31.1 Å². The zero-order valence-electron chi connectivity index (χ0n) is 19.2. The van der Waals surface area contributed by atoms with Gasteiger partial charge in [-0.1, -0.05) is 26.0 Å². The zero-order valence-corrected chi connectivity index (χ0v) is 19.2. The van der Waals surface area contributed by atoms with Crippen LogP contribution in [0.15, 0.2) is 57.7 Å². The number of benzene rings is 2. The number of imide groups is 1. The lowest BCUT2D eigenvalue weighted by molar-refractivity contribution is -0.123. The third-order valence-electron chi connectivity index (χ3n) is 4.78. The van der Waals surface area contributed by atoms with Crippen LogP contribution >= 0.6 is 0 Å². The maximum Gasteiger partial charge on any atom is 0.338 e. The minimum absolute atomic E-state index is 0.227. The first-order valence-electron chi connectivity index (χ1n) is 10.7. The summed E-state index contributed by atoms with van der Waals surface area (Å²) in [6.07, 6.45) is 0. The molecule has 3 aromatic rings. The molecule has 0 fully saturated rings. The highest BCUT2D eigenvalue weighted by Crippen LogP contribution is 2.23. The normalized spacial score (nSPS) is 10.7. The lowest BCUT2D eigenvalue weighted by Gasteiger charge is -2.10. The number of carbonyl (C=O) groups excluding carboxylic acids is 3. The molecule has 0 radical (unpaired) electrons. The van der Waals surface area contributed by atoms with Gasteiger partial charge in [0.25, 0.3) is 5.91 Å². The van der Waals surface area contributed by atoms with E-state index in [-0.39, 0.29) is 18.1 Å². The van der Waals surface area contributed by atoms with Crippen LogP contribution in [-0.2, 0) is 16.1 Å². The summed E-state index contributed by atoms with van der Waals surface area (Å²) in [6, 6.07) is 12.6. The average molecular weight is 466 g/mol. The molecule has 1 heterocycles. The molecular formula is C25H26N2O7. The Kier molecular flexibility index (Phi) is 8.02. The molecule has 3 rings (SSSR count). The number of ether oxygens (including phenoxy) is 2. The summed E-state index contributed by atoms with van der Waals surface area (Å²) >= 11 is 0. The number of esters is 1. The van der Waals surface area contributed by atoms with E-state index in [2.05, 4.69) is 10.6 Å². The number of rotatable bonds is 8. The molecule has 9 nitrogen and oxygen atoms in total. The first kappa shape index (κ1) is 24.5. The number of nitrogens with one attached hydrogen (secondary N) is 2. The predicted octanol–water partition coefficient (Wildman–Crippen LogP) is 3.32. The lowest BCUT2D eigenvalue weighted by Crippen LogP contribution is -2.42. The molecule has 178 valence electrons. The van der Waals surface area contributed by atoms with Gasteiger partial charge >= 0.3 is 17.6 Å². The van der Waals surface area contributed by atoms with E-state index >= 15 is 0 Å². The molecule has 34 heavy (non-hydrogen) atoms. The quantitative estimate of drug-likeness (QED) is 0.385. The molecule has 2 aromatic carbocycles. The van der Waals surface area contributed by atoms with Crippen LogP contribution in [0, 0.1) is 12.8 Å². The molecule has 0 saturated carbocycles. The molecule has 0 bridgehead atoms. The van der Waals surface area contributed by atoms with Crippen molar-refractivity contribution in [3.63, 3.8) is 0 Å². The molecular weight excluding hydrogens is 440 g/mol. The van der Waals surface area contributed by atoms with E-state index in [4.69, 9.17) is 13.9 Å². The second-order valence-electron chi connectivity index (χ2n) is 8.12. The van der Waals surface area contributed by atoms with Gasteiger partial charge < -0.3 is 19.2 Å². The van der Waals surface area contributed by atoms with E-state index in [0.717, 1.165) is 16.5 Å². The lowest BCUT2D eigenvalue weighted by atomic mass is 10.1. The Morgan fingerprint density at radius 1 is 1.03 bits per heavy atom. The molecule has 0 saturated heterocycles. The standard InChI is InChI=1S/C25H26N2O7/c1-15(2)12-26-25(31)27-22(28)14-33-24(30)18-6-4-17(5-7-18)13-32-19-8-9-20-16(3)10-23(29)34-21(20)11-19/h4-11,15H,12-14H2,1-3H3,(H2,26,27,28,31). The number of hydrogen-bond donors (Lipinski definition) is 2. The van der Waals surface area contributed by atoms with Crippen molar-refractivity contribution in [1.82, 2.24) is 10.6 Å². The summed E-state index contributed by atoms with van der Waals surface area (Å²) in [5.74, 6) is -0.634. The van der Waals surface area contributed by atoms with Gasteiger partial charge in [0, 0.05) is 24.1 Å². The van der Waals surface area contributed by atoms with Gasteiger partial charge in [-0.25, -0.2) is 14.4 Å².